The Labute approximate surface area is 111 Å². The second-order valence-electron chi connectivity index (χ2n) is 5.14. The van der Waals surface area contributed by atoms with Crippen LogP contribution in [0.25, 0.3) is 0 Å². The summed E-state index contributed by atoms with van der Waals surface area (Å²) in [7, 11) is 0. The summed E-state index contributed by atoms with van der Waals surface area (Å²) in [5.74, 6) is -1.05. The molecule has 0 radical (unpaired) electrons. The van der Waals surface area contributed by atoms with Crippen LogP contribution in [-0.2, 0) is 0 Å². The average Bonchev–Trinajstić information content (AvgIpc) is 2.71. The van der Waals surface area contributed by atoms with Crippen molar-refractivity contribution in [2.24, 2.45) is 11.7 Å². The highest BCUT2D eigenvalue weighted by molar-refractivity contribution is 5.23. The summed E-state index contributed by atoms with van der Waals surface area (Å²) < 4.78 is 31.3. The van der Waals surface area contributed by atoms with E-state index in [-0.39, 0.29) is 18.2 Å². The lowest BCUT2D eigenvalue weighted by Gasteiger charge is -2.28. The first-order chi connectivity index (χ1) is 9.03. The van der Waals surface area contributed by atoms with Gasteiger partial charge in [-0.3, -0.25) is 0 Å². The van der Waals surface area contributed by atoms with Crippen LogP contribution in [0.5, 0.6) is 5.75 Å². The first kappa shape index (κ1) is 14.2. The fraction of sp³-hybridized carbons (Fsp3) is 0.571. The number of rotatable bonds is 5. The quantitative estimate of drug-likeness (QED) is 0.863. The Morgan fingerprint density at radius 3 is 2.63 bits per heavy atom. The number of benzene rings is 1. The zero-order valence-electron chi connectivity index (χ0n) is 10.7. The van der Waals surface area contributed by atoms with Gasteiger partial charge in [0.1, 0.15) is 17.4 Å². The maximum atomic E-state index is 13.0. The van der Waals surface area contributed by atoms with Crippen molar-refractivity contribution in [2.45, 2.75) is 31.3 Å². The van der Waals surface area contributed by atoms with Gasteiger partial charge in [-0.05, 0) is 25.2 Å². The Balaban J connectivity index is 1.86. The molecule has 19 heavy (non-hydrogen) atoms. The topological polar surface area (TPSA) is 55.5 Å². The van der Waals surface area contributed by atoms with Crippen molar-refractivity contribution < 1.29 is 18.6 Å². The van der Waals surface area contributed by atoms with Crippen LogP contribution >= 0.6 is 0 Å². The van der Waals surface area contributed by atoms with Crippen molar-refractivity contribution in [1.82, 2.24) is 0 Å². The maximum Gasteiger partial charge on any atom is 0.129 e. The highest BCUT2D eigenvalue weighted by atomic mass is 19.1. The Kier molecular flexibility index (Phi) is 4.37. The predicted molar refractivity (Wildman–Crippen MR) is 67.8 cm³/mol. The van der Waals surface area contributed by atoms with Gasteiger partial charge in [-0.2, -0.15) is 0 Å². The molecule has 1 aromatic rings. The van der Waals surface area contributed by atoms with Crippen molar-refractivity contribution in [2.75, 3.05) is 13.2 Å². The molecule has 2 rings (SSSR count). The molecule has 3 N–H and O–H groups in total. The van der Waals surface area contributed by atoms with Crippen molar-refractivity contribution in [3.05, 3.63) is 29.8 Å². The summed E-state index contributed by atoms with van der Waals surface area (Å²) in [6.45, 7) is 0.558. The molecule has 1 aromatic carbocycles. The van der Waals surface area contributed by atoms with E-state index < -0.39 is 17.2 Å². The van der Waals surface area contributed by atoms with Gasteiger partial charge >= 0.3 is 0 Å². The minimum Gasteiger partial charge on any atom is -0.493 e. The van der Waals surface area contributed by atoms with Crippen molar-refractivity contribution in [1.29, 1.82) is 0 Å². The molecule has 1 fully saturated rings. The average molecular weight is 271 g/mol. The van der Waals surface area contributed by atoms with Crippen LogP contribution in [0.4, 0.5) is 8.78 Å². The van der Waals surface area contributed by atoms with E-state index in [0.29, 0.717) is 19.4 Å². The molecular formula is C14H19F2NO2. The van der Waals surface area contributed by atoms with Gasteiger partial charge in [0, 0.05) is 24.7 Å². The van der Waals surface area contributed by atoms with E-state index in [1.54, 1.807) is 0 Å². The molecule has 0 aliphatic heterocycles. The zero-order chi connectivity index (χ0) is 13.9. The molecule has 0 spiro atoms. The van der Waals surface area contributed by atoms with Crippen LogP contribution in [0.15, 0.2) is 18.2 Å². The molecule has 1 aliphatic rings. The maximum absolute atomic E-state index is 13.0. The number of nitrogens with two attached hydrogens (primary N) is 1. The Hall–Kier alpha value is -1.20. The molecule has 1 saturated carbocycles. The second kappa shape index (κ2) is 5.84. The highest BCUT2D eigenvalue weighted by Gasteiger charge is 2.39. The SMILES string of the molecule is NCC1(O)CCCC1CCOc1cc(F)cc(F)c1. The molecule has 0 heterocycles. The molecule has 2 atom stereocenters. The van der Waals surface area contributed by atoms with Gasteiger partial charge in [0.05, 0.1) is 12.2 Å². The summed E-state index contributed by atoms with van der Waals surface area (Å²) >= 11 is 0. The summed E-state index contributed by atoms with van der Waals surface area (Å²) in [6, 6.07) is 3.09. The number of hydrogen-bond donors (Lipinski definition) is 2. The van der Waals surface area contributed by atoms with Gasteiger partial charge < -0.3 is 15.6 Å². The fourth-order valence-corrected chi connectivity index (χ4v) is 2.74. The van der Waals surface area contributed by atoms with Crippen LogP contribution in [0.1, 0.15) is 25.7 Å². The van der Waals surface area contributed by atoms with Crippen LogP contribution in [0, 0.1) is 17.6 Å². The van der Waals surface area contributed by atoms with Gasteiger partial charge in [0.25, 0.3) is 0 Å². The largest absolute Gasteiger partial charge is 0.493 e. The van der Waals surface area contributed by atoms with E-state index >= 15 is 0 Å². The van der Waals surface area contributed by atoms with Crippen LogP contribution in [-0.4, -0.2) is 23.9 Å². The monoisotopic (exact) mass is 271 g/mol. The van der Waals surface area contributed by atoms with Crippen molar-refractivity contribution in [3.63, 3.8) is 0 Å². The van der Waals surface area contributed by atoms with E-state index in [9.17, 15) is 13.9 Å². The smallest absolute Gasteiger partial charge is 0.129 e. The molecule has 3 nitrogen and oxygen atoms in total. The van der Waals surface area contributed by atoms with E-state index in [4.69, 9.17) is 10.5 Å². The molecule has 5 heteroatoms. The highest BCUT2D eigenvalue weighted by Crippen LogP contribution is 2.37. The van der Waals surface area contributed by atoms with Crippen LogP contribution in [0.3, 0.4) is 0 Å². The zero-order valence-corrected chi connectivity index (χ0v) is 10.7. The standard InChI is InChI=1S/C14H19F2NO2/c15-11-6-12(16)8-13(7-11)19-5-3-10-2-1-4-14(10,18)9-17/h6-8,10,18H,1-5,9,17H2. The normalized spacial score (nSPS) is 26.6. The third kappa shape index (κ3) is 3.42. The van der Waals surface area contributed by atoms with Gasteiger partial charge in [0.2, 0.25) is 0 Å². The minimum absolute atomic E-state index is 0.0934. The fourth-order valence-electron chi connectivity index (χ4n) is 2.74. The summed E-state index contributed by atoms with van der Waals surface area (Å²) in [5, 5.41) is 10.2. The van der Waals surface area contributed by atoms with Gasteiger partial charge in [-0.15, -0.1) is 0 Å². The molecule has 0 amide bonds. The third-order valence-corrected chi connectivity index (χ3v) is 3.85. The number of aliphatic hydroxyl groups is 1. The summed E-state index contributed by atoms with van der Waals surface area (Å²) in [6.07, 6.45) is 3.20. The summed E-state index contributed by atoms with van der Waals surface area (Å²) in [5.41, 5.74) is 4.78. The lowest BCUT2D eigenvalue weighted by molar-refractivity contribution is 0.00352. The van der Waals surface area contributed by atoms with Crippen LogP contribution in [0.2, 0.25) is 0 Å². The van der Waals surface area contributed by atoms with E-state index in [1.807, 2.05) is 0 Å². The lowest BCUT2D eigenvalue weighted by atomic mass is 9.88. The van der Waals surface area contributed by atoms with E-state index in [2.05, 4.69) is 0 Å². The van der Waals surface area contributed by atoms with Crippen molar-refractivity contribution >= 4 is 0 Å². The molecule has 2 unspecified atom stereocenters. The number of ether oxygens (including phenoxy) is 1. The Morgan fingerprint density at radius 1 is 1.32 bits per heavy atom. The van der Waals surface area contributed by atoms with Crippen LogP contribution < -0.4 is 10.5 Å². The predicted octanol–water partition coefficient (Wildman–Crippen LogP) is 2.22. The first-order valence-electron chi connectivity index (χ1n) is 6.55. The Morgan fingerprint density at radius 2 is 2.00 bits per heavy atom. The second-order valence-corrected chi connectivity index (χ2v) is 5.14. The molecular weight excluding hydrogens is 252 g/mol. The van der Waals surface area contributed by atoms with Gasteiger partial charge in [-0.1, -0.05) is 6.42 Å². The van der Waals surface area contributed by atoms with Gasteiger partial charge in [-0.25, -0.2) is 8.78 Å². The first-order valence-corrected chi connectivity index (χ1v) is 6.55. The number of halogens is 2. The number of hydrogen-bond acceptors (Lipinski definition) is 3. The van der Waals surface area contributed by atoms with Crippen molar-refractivity contribution in [3.8, 4) is 5.75 Å². The minimum atomic E-state index is -0.809. The molecule has 0 aromatic heterocycles. The summed E-state index contributed by atoms with van der Waals surface area (Å²) in [4.78, 5) is 0. The molecule has 0 saturated heterocycles. The molecule has 0 bridgehead atoms. The Bertz CT molecular complexity index is 421. The lowest BCUT2D eigenvalue weighted by Crippen LogP contribution is -2.41. The van der Waals surface area contributed by atoms with E-state index in [1.165, 1.54) is 0 Å². The van der Waals surface area contributed by atoms with E-state index in [0.717, 1.165) is 31.0 Å². The van der Waals surface area contributed by atoms with Gasteiger partial charge in [0.15, 0.2) is 0 Å². The molecule has 106 valence electrons. The molecule has 1 aliphatic carbocycles. The third-order valence-electron chi connectivity index (χ3n) is 3.85.